The molecule has 0 atom stereocenters. The Morgan fingerprint density at radius 3 is 2.64 bits per heavy atom. The molecule has 7 heteroatoms. The van der Waals surface area contributed by atoms with E-state index in [1.165, 1.54) is 24.8 Å². The number of anilines is 3. The monoisotopic (exact) mass is 442 g/mol. The second-order valence-corrected chi connectivity index (χ2v) is 8.55. The first kappa shape index (κ1) is 21.2. The number of aryl methyl sites for hydroxylation is 2. The number of hydrogen-bond donors (Lipinski definition) is 2. The average Bonchev–Trinajstić information content (AvgIpc) is 3.25. The number of piperidine rings is 1. The van der Waals surface area contributed by atoms with E-state index < -0.39 is 0 Å². The number of rotatable bonds is 8. The average molecular weight is 443 g/mol. The number of nitrogens with one attached hydrogen (secondary N) is 2. The molecule has 1 aliphatic heterocycles. The summed E-state index contributed by atoms with van der Waals surface area (Å²) in [6.07, 6.45) is 5.25. The summed E-state index contributed by atoms with van der Waals surface area (Å²) >= 11 is 0. The molecule has 33 heavy (non-hydrogen) atoms. The van der Waals surface area contributed by atoms with Crippen molar-refractivity contribution in [2.45, 2.75) is 39.0 Å². The lowest BCUT2D eigenvalue weighted by molar-refractivity contribution is 0.310. The molecule has 0 radical (unpaired) electrons. The van der Waals surface area contributed by atoms with Crippen molar-refractivity contribution in [1.29, 1.82) is 0 Å². The number of hydrogen-bond acceptors (Lipinski definition) is 6. The first-order valence-electron chi connectivity index (χ1n) is 11.8. The molecule has 2 aromatic carbocycles. The van der Waals surface area contributed by atoms with Gasteiger partial charge in [-0.1, -0.05) is 30.3 Å². The molecule has 0 aliphatic carbocycles. The highest BCUT2D eigenvalue weighted by molar-refractivity contribution is 5.86. The van der Waals surface area contributed by atoms with Gasteiger partial charge in [-0.2, -0.15) is 0 Å². The Balaban J connectivity index is 1.36. The quantitative estimate of drug-likeness (QED) is 0.355. The molecule has 1 fully saturated rings. The molecule has 5 rings (SSSR count). The van der Waals surface area contributed by atoms with Crippen LogP contribution in [0.4, 0.5) is 17.5 Å². The van der Waals surface area contributed by atoms with E-state index in [0.29, 0.717) is 12.6 Å². The maximum atomic E-state index is 5.85. The number of fused-ring (bicyclic) bond motifs is 1. The van der Waals surface area contributed by atoms with Gasteiger partial charge in [0.25, 0.3) is 0 Å². The number of H-pyrrole nitrogens is 1. The smallest absolute Gasteiger partial charge is 0.207 e. The first-order valence-corrected chi connectivity index (χ1v) is 11.8. The Kier molecular flexibility index (Phi) is 6.37. The standard InChI is InChI=1S/C26H30N6O/c1-19-10-8-11-20(18-19)27-26-30-23-24(31-26)28-22(29-25(23)32-15-6-3-7-16-32)14-9-17-33-21-12-4-2-5-13-21/h2,4-5,8,10-13,18H,3,6-7,9,14-17H2,1H3,(H2,27,28,29,30,31). The van der Waals surface area contributed by atoms with Crippen molar-refractivity contribution in [1.82, 2.24) is 19.9 Å². The van der Waals surface area contributed by atoms with Crippen LogP contribution < -0.4 is 15.0 Å². The summed E-state index contributed by atoms with van der Waals surface area (Å²) in [5.41, 5.74) is 3.81. The van der Waals surface area contributed by atoms with Gasteiger partial charge in [-0.3, -0.25) is 0 Å². The van der Waals surface area contributed by atoms with Crippen molar-refractivity contribution >= 4 is 28.6 Å². The summed E-state index contributed by atoms with van der Waals surface area (Å²) in [5, 5.41) is 3.38. The van der Waals surface area contributed by atoms with E-state index in [0.717, 1.165) is 60.2 Å². The Bertz CT molecular complexity index is 1200. The highest BCUT2D eigenvalue weighted by Crippen LogP contribution is 2.27. The Morgan fingerprint density at radius 1 is 0.970 bits per heavy atom. The van der Waals surface area contributed by atoms with Gasteiger partial charge in [0, 0.05) is 25.2 Å². The summed E-state index contributed by atoms with van der Waals surface area (Å²) in [6, 6.07) is 18.2. The summed E-state index contributed by atoms with van der Waals surface area (Å²) in [5.74, 6) is 3.34. The van der Waals surface area contributed by atoms with Crippen molar-refractivity contribution in [2.24, 2.45) is 0 Å². The normalized spacial score (nSPS) is 13.9. The number of nitrogens with zero attached hydrogens (tertiary/aromatic N) is 4. The summed E-state index contributed by atoms with van der Waals surface area (Å²) in [6.45, 7) is 4.73. The van der Waals surface area contributed by atoms with E-state index in [1.54, 1.807) is 0 Å². The Hall–Kier alpha value is -3.61. The van der Waals surface area contributed by atoms with Gasteiger partial charge in [0.1, 0.15) is 11.6 Å². The first-order chi connectivity index (χ1) is 16.2. The predicted octanol–water partition coefficient (Wildman–Crippen LogP) is 5.41. The van der Waals surface area contributed by atoms with Crippen LogP contribution in [0, 0.1) is 6.92 Å². The van der Waals surface area contributed by atoms with Crippen LogP contribution in [0.25, 0.3) is 11.2 Å². The molecule has 2 aromatic heterocycles. The van der Waals surface area contributed by atoms with Crippen molar-refractivity contribution < 1.29 is 4.74 Å². The zero-order chi connectivity index (χ0) is 22.5. The number of aromatic nitrogens is 4. The molecule has 1 saturated heterocycles. The molecule has 1 aliphatic rings. The zero-order valence-electron chi connectivity index (χ0n) is 19.1. The van der Waals surface area contributed by atoms with Crippen LogP contribution >= 0.6 is 0 Å². The van der Waals surface area contributed by atoms with Crippen LogP contribution in [-0.4, -0.2) is 39.6 Å². The third kappa shape index (κ3) is 5.25. The zero-order valence-corrected chi connectivity index (χ0v) is 19.1. The molecule has 0 spiro atoms. The van der Waals surface area contributed by atoms with Crippen molar-refractivity contribution in [3.05, 3.63) is 66.0 Å². The molecule has 2 N–H and O–H groups in total. The van der Waals surface area contributed by atoms with Gasteiger partial charge in [-0.25, -0.2) is 15.0 Å². The molecule has 4 aromatic rings. The van der Waals surface area contributed by atoms with Crippen LogP contribution in [0.1, 0.15) is 37.1 Å². The van der Waals surface area contributed by atoms with E-state index in [2.05, 4.69) is 34.3 Å². The maximum Gasteiger partial charge on any atom is 0.207 e. The van der Waals surface area contributed by atoms with Gasteiger partial charge in [0.2, 0.25) is 5.95 Å². The largest absolute Gasteiger partial charge is 0.494 e. The van der Waals surface area contributed by atoms with E-state index in [4.69, 9.17) is 19.7 Å². The number of imidazole rings is 1. The predicted molar refractivity (Wildman–Crippen MR) is 132 cm³/mol. The minimum absolute atomic E-state index is 0.633. The van der Waals surface area contributed by atoms with Gasteiger partial charge < -0.3 is 19.9 Å². The van der Waals surface area contributed by atoms with Gasteiger partial charge in [-0.15, -0.1) is 0 Å². The number of ether oxygens (including phenoxy) is 1. The third-order valence-corrected chi connectivity index (χ3v) is 5.87. The molecular formula is C26H30N6O. The second kappa shape index (κ2) is 9.90. The molecule has 7 nitrogen and oxygen atoms in total. The molecule has 0 amide bonds. The summed E-state index contributed by atoms with van der Waals surface area (Å²) < 4.78 is 5.85. The van der Waals surface area contributed by atoms with Crippen LogP contribution in [0.5, 0.6) is 5.75 Å². The Morgan fingerprint density at radius 2 is 1.82 bits per heavy atom. The fourth-order valence-corrected chi connectivity index (χ4v) is 4.22. The molecule has 170 valence electrons. The van der Waals surface area contributed by atoms with E-state index in [9.17, 15) is 0 Å². The second-order valence-electron chi connectivity index (χ2n) is 8.55. The number of para-hydroxylation sites is 1. The fraction of sp³-hybridized carbons (Fsp3) is 0.346. The minimum Gasteiger partial charge on any atom is -0.494 e. The van der Waals surface area contributed by atoms with Crippen LogP contribution in [0.2, 0.25) is 0 Å². The minimum atomic E-state index is 0.633. The highest BCUT2D eigenvalue weighted by Gasteiger charge is 2.20. The molecule has 0 unspecified atom stereocenters. The number of aromatic amines is 1. The summed E-state index contributed by atoms with van der Waals surface area (Å²) in [4.78, 5) is 20.3. The SMILES string of the molecule is Cc1cccc(Nc2nc3c(N4CCCCC4)nc(CCCOc4ccccc4)nc3[nH]2)c1. The van der Waals surface area contributed by atoms with Crippen molar-refractivity contribution in [3.8, 4) is 5.75 Å². The lowest BCUT2D eigenvalue weighted by atomic mass is 10.1. The van der Waals surface area contributed by atoms with Crippen LogP contribution in [0.15, 0.2) is 54.6 Å². The molecule has 0 saturated carbocycles. The fourth-order valence-electron chi connectivity index (χ4n) is 4.22. The van der Waals surface area contributed by atoms with Crippen LogP contribution in [-0.2, 0) is 6.42 Å². The van der Waals surface area contributed by atoms with Gasteiger partial charge >= 0.3 is 0 Å². The third-order valence-electron chi connectivity index (χ3n) is 5.87. The molecular weight excluding hydrogens is 412 g/mol. The van der Waals surface area contributed by atoms with Crippen molar-refractivity contribution in [2.75, 3.05) is 29.9 Å². The van der Waals surface area contributed by atoms with Gasteiger partial charge in [0.05, 0.1) is 6.61 Å². The summed E-state index contributed by atoms with van der Waals surface area (Å²) in [7, 11) is 0. The Labute approximate surface area is 194 Å². The number of benzene rings is 2. The van der Waals surface area contributed by atoms with Gasteiger partial charge in [0.15, 0.2) is 17.0 Å². The highest BCUT2D eigenvalue weighted by atomic mass is 16.5. The maximum absolute atomic E-state index is 5.85. The lowest BCUT2D eigenvalue weighted by Gasteiger charge is -2.28. The topological polar surface area (TPSA) is 79.0 Å². The van der Waals surface area contributed by atoms with Gasteiger partial charge in [-0.05, 0) is 62.4 Å². The molecule has 3 heterocycles. The van der Waals surface area contributed by atoms with Crippen LogP contribution in [0.3, 0.4) is 0 Å². The van der Waals surface area contributed by atoms with E-state index >= 15 is 0 Å². The molecule has 0 bridgehead atoms. The van der Waals surface area contributed by atoms with E-state index in [-0.39, 0.29) is 0 Å². The van der Waals surface area contributed by atoms with E-state index in [1.807, 2.05) is 42.5 Å². The lowest BCUT2D eigenvalue weighted by Crippen LogP contribution is -2.30. The van der Waals surface area contributed by atoms with Crippen molar-refractivity contribution in [3.63, 3.8) is 0 Å².